The molecule has 0 spiro atoms. The molecule has 3 aliphatic carbocycles. The van der Waals surface area contributed by atoms with Gasteiger partial charge >= 0.3 is 0 Å². The van der Waals surface area contributed by atoms with Crippen molar-refractivity contribution in [2.45, 2.75) is 32.2 Å². The third-order valence-electron chi connectivity index (χ3n) is 6.04. The molecule has 5 nitrogen and oxygen atoms in total. The highest BCUT2D eigenvalue weighted by molar-refractivity contribution is 6.06. The number of nitrogens with zero attached hydrogens (tertiary/aromatic N) is 1. The molecule has 1 N–H and O–H groups in total. The summed E-state index contributed by atoms with van der Waals surface area (Å²) in [6, 6.07) is 8.89. The van der Waals surface area contributed by atoms with Crippen LogP contribution in [0.3, 0.4) is 0 Å². The molecule has 0 radical (unpaired) electrons. The van der Waals surface area contributed by atoms with Crippen molar-refractivity contribution in [2.75, 3.05) is 6.54 Å². The lowest BCUT2D eigenvalue weighted by molar-refractivity contribution is -0.143. The fourth-order valence-corrected chi connectivity index (χ4v) is 4.88. The quantitative estimate of drug-likeness (QED) is 0.654. The molecule has 5 atom stereocenters. The van der Waals surface area contributed by atoms with Crippen molar-refractivity contribution in [1.82, 2.24) is 10.2 Å². The predicted octanol–water partition coefficient (Wildman–Crippen LogP) is 2.45. The van der Waals surface area contributed by atoms with Crippen molar-refractivity contribution in [2.24, 2.45) is 23.7 Å². The molecule has 1 aromatic carbocycles. The van der Waals surface area contributed by atoms with Crippen LogP contribution in [0.2, 0.25) is 0 Å². The molecule has 4 aliphatic rings. The van der Waals surface area contributed by atoms with E-state index in [4.69, 9.17) is 0 Å². The molecule has 1 heterocycles. The number of carbonyl (C=O) groups is 3. The van der Waals surface area contributed by atoms with Gasteiger partial charge in [-0.25, -0.2) is 0 Å². The van der Waals surface area contributed by atoms with Gasteiger partial charge in [-0.1, -0.05) is 42.5 Å². The Labute approximate surface area is 153 Å². The van der Waals surface area contributed by atoms with Gasteiger partial charge in [0.2, 0.25) is 17.7 Å². The second-order valence-corrected chi connectivity index (χ2v) is 7.47. The lowest BCUT2D eigenvalue weighted by atomic mass is 9.63. The molecule has 2 bridgehead atoms. The average Bonchev–Trinajstić information content (AvgIpc) is 2.95. The van der Waals surface area contributed by atoms with Gasteiger partial charge in [-0.3, -0.25) is 19.3 Å². The van der Waals surface area contributed by atoms with Crippen LogP contribution in [0, 0.1) is 23.7 Å². The molecule has 1 saturated heterocycles. The van der Waals surface area contributed by atoms with E-state index in [0.29, 0.717) is 6.54 Å². The van der Waals surface area contributed by atoms with Gasteiger partial charge in [0.25, 0.3) is 0 Å². The SMILES string of the molecule is CCNC(=O)C[C@H](c1ccccc1)N1C(=O)[C@@H]2[C@@H](C1=O)[C@H]1C=C[C@H]2CC1. The van der Waals surface area contributed by atoms with E-state index in [1.807, 2.05) is 37.3 Å². The van der Waals surface area contributed by atoms with E-state index in [2.05, 4.69) is 17.5 Å². The summed E-state index contributed by atoms with van der Waals surface area (Å²) in [6.45, 7) is 2.39. The number of allylic oxidation sites excluding steroid dienone is 2. The number of fused-ring (bicyclic) bond motifs is 1. The topological polar surface area (TPSA) is 66.5 Å². The van der Waals surface area contributed by atoms with Crippen LogP contribution in [0.4, 0.5) is 0 Å². The van der Waals surface area contributed by atoms with Crippen LogP contribution in [-0.4, -0.2) is 29.2 Å². The molecule has 5 rings (SSSR count). The highest BCUT2D eigenvalue weighted by atomic mass is 16.2. The van der Waals surface area contributed by atoms with Crippen LogP contribution in [0.1, 0.15) is 37.8 Å². The third-order valence-corrected chi connectivity index (χ3v) is 6.04. The van der Waals surface area contributed by atoms with E-state index < -0.39 is 6.04 Å². The molecule has 5 heteroatoms. The number of likely N-dealkylation sites (tertiary alicyclic amines) is 1. The van der Waals surface area contributed by atoms with Gasteiger partial charge in [0.1, 0.15) is 0 Å². The van der Waals surface area contributed by atoms with Crippen molar-refractivity contribution in [3.63, 3.8) is 0 Å². The Hall–Kier alpha value is -2.43. The van der Waals surface area contributed by atoms with E-state index in [0.717, 1.165) is 18.4 Å². The van der Waals surface area contributed by atoms with Crippen LogP contribution >= 0.6 is 0 Å². The van der Waals surface area contributed by atoms with Crippen LogP contribution in [0.25, 0.3) is 0 Å². The molecule has 1 aromatic rings. The lowest BCUT2D eigenvalue weighted by Gasteiger charge is -2.38. The Bertz CT molecular complexity index is 726. The van der Waals surface area contributed by atoms with E-state index in [9.17, 15) is 14.4 Å². The van der Waals surface area contributed by atoms with E-state index in [1.54, 1.807) is 0 Å². The number of hydrogen-bond acceptors (Lipinski definition) is 3. The van der Waals surface area contributed by atoms with Crippen molar-refractivity contribution in [3.05, 3.63) is 48.0 Å². The summed E-state index contributed by atoms with van der Waals surface area (Å²) in [5.74, 6) is -0.509. The zero-order valence-corrected chi connectivity index (χ0v) is 14.9. The predicted molar refractivity (Wildman–Crippen MR) is 96.7 cm³/mol. The smallest absolute Gasteiger partial charge is 0.234 e. The molecule has 1 saturated carbocycles. The fourth-order valence-electron chi connectivity index (χ4n) is 4.88. The second-order valence-electron chi connectivity index (χ2n) is 7.47. The zero-order valence-electron chi connectivity index (χ0n) is 14.9. The minimum Gasteiger partial charge on any atom is -0.356 e. The number of benzene rings is 1. The summed E-state index contributed by atoms with van der Waals surface area (Å²) in [4.78, 5) is 40.1. The number of rotatable bonds is 5. The van der Waals surface area contributed by atoms with Crippen molar-refractivity contribution in [1.29, 1.82) is 0 Å². The normalized spacial score (nSPS) is 30.4. The molecule has 2 fully saturated rings. The number of amides is 3. The van der Waals surface area contributed by atoms with Crippen LogP contribution in [0.5, 0.6) is 0 Å². The maximum atomic E-state index is 13.2. The number of imide groups is 1. The Kier molecular flexibility index (Phi) is 4.39. The molecule has 0 unspecified atom stereocenters. The van der Waals surface area contributed by atoms with Gasteiger partial charge < -0.3 is 5.32 Å². The van der Waals surface area contributed by atoms with E-state index >= 15 is 0 Å². The Morgan fingerprint density at radius 2 is 1.65 bits per heavy atom. The molecular formula is C21H24N2O3. The van der Waals surface area contributed by atoms with Gasteiger partial charge in [-0.15, -0.1) is 0 Å². The molecular weight excluding hydrogens is 328 g/mol. The number of hydrogen-bond donors (Lipinski definition) is 1. The Balaban J connectivity index is 1.68. The summed E-state index contributed by atoms with van der Waals surface area (Å²) in [5, 5.41) is 2.79. The standard InChI is InChI=1S/C21H24N2O3/c1-2-22-17(24)12-16(13-6-4-3-5-7-13)23-20(25)18-14-8-9-15(11-10-14)19(18)21(23)26/h3-9,14-16,18-19H,2,10-12H2,1H3,(H,22,24)/t14-,15-,16+,18-,19-/m0/s1. The third kappa shape index (κ3) is 2.66. The van der Waals surface area contributed by atoms with Crippen molar-refractivity contribution < 1.29 is 14.4 Å². The summed E-state index contributed by atoms with van der Waals surface area (Å²) in [7, 11) is 0. The Morgan fingerprint density at radius 3 is 2.15 bits per heavy atom. The maximum absolute atomic E-state index is 13.2. The van der Waals surface area contributed by atoms with E-state index in [1.165, 1.54) is 4.90 Å². The first-order valence-corrected chi connectivity index (χ1v) is 9.48. The minimum absolute atomic E-state index is 0.0998. The van der Waals surface area contributed by atoms with E-state index in [-0.39, 0.29) is 47.8 Å². The van der Waals surface area contributed by atoms with Gasteiger partial charge in [0, 0.05) is 6.54 Å². The number of carbonyl (C=O) groups excluding carboxylic acids is 3. The van der Waals surface area contributed by atoms with Crippen molar-refractivity contribution in [3.8, 4) is 0 Å². The van der Waals surface area contributed by atoms with Crippen LogP contribution in [0.15, 0.2) is 42.5 Å². The Morgan fingerprint density at radius 1 is 1.08 bits per heavy atom. The lowest BCUT2D eigenvalue weighted by Crippen LogP contribution is -2.38. The van der Waals surface area contributed by atoms with Crippen LogP contribution < -0.4 is 5.32 Å². The zero-order chi connectivity index (χ0) is 18.3. The summed E-state index contributed by atoms with van der Waals surface area (Å²) in [6.07, 6.45) is 6.29. The van der Waals surface area contributed by atoms with Gasteiger partial charge in [0.05, 0.1) is 24.3 Å². The number of nitrogens with one attached hydrogen (secondary N) is 1. The summed E-state index contributed by atoms with van der Waals surface area (Å²) in [5.41, 5.74) is 0.833. The van der Waals surface area contributed by atoms with Crippen LogP contribution in [-0.2, 0) is 14.4 Å². The molecule has 1 aliphatic heterocycles. The molecule has 0 aromatic heterocycles. The van der Waals surface area contributed by atoms with Gasteiger partial charge in [0.15, 0.2) is 0 Å². The van der Waals surface area contributed by atoms with Crippen molar-refractivity contribution >= 4 is 17.7 Å². The van der Waals surface area contributed by atoms with Gasteiger partial charge in [-0.05, 0) is 37.2 Å². The minimum atomic E-state index is -0.534. The summed E-state index contributed by atoms with van der Waals surface area (Å²) >= 11 is 0. The largest absolute Gasteiger partial charge is 0.356 e. The maximum Gasteiger partial charge on any atom is 0.234 e. The second kappa shape index (κ2) is 6.71. The fraction of sp³-hybridized carbons (Fsp3) is 0.476. The average molecular weight is 352 g/mol. The molecule has 136 valence electrons. The molecule has 3 amide bonds. The monoisotopic (exact) mass is 352 g/mol. The molecule has 26 heavy (non-hydrogen) atoms. The van der Waals surface area contributed by atoms with Gasteiger partial charge in [-0.2, -0.15) is 0 Å². The highest BCUT2D eigenvalue weighted by Gasteiger charge is 2.58. The first-order valence-electron chi connectivity index (χ1n) is 9.48. The first kappa shape index (κ1) is 17.0. The summed E-state index contributed by atoms with van der Waals surface area (Å²) < 4.78 is 0. The first-order chi connectivity index (χ1) is 12.6. The highest BCUT2D eigenvalue weighted by Crippen LogP contribution is 2.51.